The van der Waals surface area contributed by atoms with Crippen molar-refractivity contribution in [2.75, 3.05) is 38.1 Å². The lowest BCUT2D eigenvalue weighted by Crippen LogP contribution is -2.35. The average Bonchev–Trinajstić information content (AvgIpc) is 3.00. The first-order chi connectivity index (χ1) is 21.4. The predicted molar refractivity (Wildman–Crippen MR) is 162 cm³/mol. The monoisotopic (exact) mass is 647 g/mol. The molecule has 0 aliphatic carbocycles. The van der Waals surface area contributed by atoms with Crippen molar-refractivity contribution in [2.45, 2.75) is 37.3 Å². The van der Waals surface area contributed by atoms with Crippen LogP contribution in [0.3, 0.4) is 0 Å². The molecule has 1 unspecified atom stereocenters. The molecular formula is C32H33F4N3O5S. The number of likely N-dealkylation sites (tertiary alicyclic amines) is 1. The highest BCUT2D eigenvalue weighted by Crippen LogP contribution is 2.38. The maximum absolute atomic E-state index is 15.0. The number of ether oxygens (including phenoxy) is 3. The van der Waals surface area contributed by atoms with E-state index in [4.69, 9.17) is 14.2 Å². The smallest absolute Gasteiger partial charge is 0.417 e. The first-order valence-corrected chi connectivity index (χ1v) is 15.9. The van der Waals surface area contributed by atoms with Crippen molar-refractivity contribution in [1.82, 2.24) is 9.88 Å². The maximum atomic E-state index is 15.0. The number of pyridine rings is 1. The summed E-state index contributed by atoms with van der Waals surface area (Å²) in [5.74, 6) is 0.977. The number of sulfonamides is 1. The molecule has 8 nitrogen and oxygen atoms in total. The number of piperidine rings is 1. The summed E-state index contributed by atoms with van der Waals surface area (Å²) in [5, 5.41) is 0.554. The van der Waals surface area contributed by atoms with Crippen molar-refractivity contribution in [2.24, 2.45) is 5.92 Å². The Balaban J connectivity index is 1.30. The molecule has 1 N–H and O–H groups in total. The van der Waals surface area contributed by atoms with Crippen LogP contribution in [0.15, 0.2) is 71.8 Å². The SMILES string of the molecule is COc1cc2c(Oc3ccc(NS(=O)(=O)c4ccccc4C(F)(F)F)c(F)c3)ccnc2cc1OCCCN1CCCC(C)C1. The van der Waals surface area contributed by atoms with Gasteiger partial charge in [-0.2, -0.15) is 13.2 Å². The van der Waals surface area contributed by atoms with Crippen LogP contribution in [0.1, 0.15) is 31.7 Å². The summed E-state index contributed by atoms with van der Waals surface area (Å²) in [6.45, 7) is 5.93. The Morgan fingerprint density at radius 2 is 1.84 bits per heavy atom. The lowest BCUT2D eigenvalue weighted by Gasteiger charge is -2.30. The summed E-state index contributed by atoms with van der Waals surface area (Å²) >= 11 is 0. The molecule has 3 aromatic carbocycles. The van der Waals surface area contributed by atoms with Gasteiger partial charge in [0.15, 0.2) is 17.3 Å². The molecule has 1 saturated heterocycles. The van der Waals surface area contributed by atoms with Crippen molar-refractivity contribution in [1.29, 1.82) is 0 Å². The zero-order chi connectivity index (χ0) is 32.2. The molecule has 0 bridgehead atoms. The fourth-order valence-corrected chi connectivity index (χ4v) is 6.65. The zero-order valence-electron chi connectivity index (χ0n) is 24.7. The van der Waals surface area contributed by atoms with E-state index in [0.29, 0.717) is 46.7 Å². The van der Waals surface area contributed by atoms with Crippen molar-refractivity contribution in [3.63, 3.8) is 0 Å². The van der Waals surface area contributed by atoms with Gasteiger partial charge in [-0.05, 0) is 68.1 Å². The molecular weight excluding hydrogens is 614 g/mol. The van der Waals surface area contributed by atoms with Gasteiger partial charge in [-0.15, -0.1) is 0 Å². The topological polar surface area (TPSA) is 90.0 Å². The third kappa shape index (κ3) is 7.77. The standard InChI is InChI=1S/C32H33F4N3O5S/c1-21-7-5-14-39(20-21)15-6-16-43-30-19-27-23(18-29(30)42-2)28(12-13-37-27)44-22-10-11-26(25(33)17-22)38-45(40,41)31-9-4-3-8-24(31)32(34,35)36/h3-4,8-13,17-19,21,38H,5-7,14-16,20H2,1-2H3. The highest BCUT2D eigenvalue weighted by Gasteiger charge is 2.37. The molecule has 45 heavy (non-hydrogen) atoms. The molecule has 1 aromatic heterocycles. The third-order valence-corrected chi connectivity index (χ3v) is 8.92. The number of rotatable bonds is 11. The van der Waals surface area contributed by atoms with Gasteiger partial charge in [0, 0.05) is 36.8 Å². The van der Waals surface area contributed by atoms with Crippen LogP contribution >= 0.6 is 0 Å². The van der Waals surface area contributed by atoms with Crippen LogP contribution in [0.2, 0.25) is 0 Å². The van der Waals surface area contributed by atoms with E-state index in [1.807, 2.05) is 4.72 Å². The minimum absolute atomic E-state index is 0.0185. The van der Waals surface area contributed by atoms with Gasteiger partial charge >= 0.3 is 6.18 Å². The van der Waals surface area contributed by atoms with E-state index in [0.717, 1.165) is 56.4 Å². The van der Waals surface area contributed by atoms with Crippen LogP contribution in [0, 0.1) is 11.7 Å². The molecule has 4 aromatic rings. The molecule has 1 aliphatic rings. The molecule has 1 fully saturated rings. The number of methoxy groups -OCH3 is 1. The van der Waals surface area contributed by atoms with Crippen LogP contribution in [0.25, 0.3) is 10.9 Å². The number of nitrogens with zero attached hydrogens (tertiary/aromatic N) is 2. The van der Waals surface area contributed by atoms with Crippen molar-refractivity contribution in [3.8, 4) is 23.0 Å². The number of halogens is 4. The van der Waals surface area contributed by atoms with Gasteiger partial charge in [0.2, 0.25) is 0 Å². The van der Waals surface area contributed by atoms with E-state index in [1.165, 1.54) is 32.2 Å². The first kappa shape index (κ1) is 32.3. The maximum Gasteiger partial charge on any atom is 0.417 e. The minimum atomic E-state index is -4.92. The molecule has 0 spiro atoms. The van der Waals surface area contributed by atoms with E-state index in [-0.39, 0.29) is 5.75 Å². The van der Waals surface area contributed by atoms with Gasteiger partial charge in [0.05, 0.1) is 35.4 Å². The predicted octanol–water partition coefficient (Wildman–Crippen LogP) is 7.50. The Morgan fingerprint density at radius 1 is 1.04 bits per heavy atom. The Labute approximate surface area is 259 Å². The van der Waals surface area contributed by atoms with E-state index < -0.39 is 38.2 Å². The summed E-state index contributed by atoms with van der Waals surface area (Å²) in [7, 11) is -3.25. The van der Waals surface area contributed by atoms with Crippen molar-refractivity contribution < 1.29 is 40.2 Å². The second-order valence-electron chi connectivity index (χ2n) is 10.9. The normalized spacial score (nSPS) is 16.0. The minimum Gasteiger partial charge on any atom is -0.493 e. The third-order valence-electron chi connectivity index (χ3n) is 7.50. The average molecular weight is 648 g/mol. The Bertz CT molecular complexity index is 1770. The number of aromatic nitrogens is 1. The quantitative estimate of drug-likeness (QED) is 0.133. The second kappa shape index (κ2) is 13.5. The number of fused-ring (bicyclic) bond motifs is 1. The number of anilines is 1. The Kier molecular flexibility index (Phi) is 9.68. The molecule has 1 atom stereocenters. The van der Waals surface area contributed by atoms with E-state index in [2.05, 4.69) is 16.8 Å². The summed E-state index contributed by atoms with van der Waals surface area (Å²) in [6.07, 6.45) is -0.0617. The lowest BCUT2D eigenvalue weighted by atomic mass is 10.0. The van der Waals surface area contributed by atoms with Crippen LogP contribution in [0.4, 0.5) is 23.2 Å². The summed E-state index contributed by atoms with van der Waals surface area (Å²) < 4.78 is 100. The highest BCUT2D eigenvalue weighted by molar-refractivity contribution is 7.92. The fourth-order valence-electron chi connectivity index (χ4n) is 5.35. The second-order valence-corrected chi connectivity index (χ2v) is 12.6. The van der Waals surface area contributed by atoms with Gasteiger partial charge in [-0.1, -0.05) is 19.1 Å². The van der Waals surface area contributed by atoms with Crippen LogP contribution in [0.5, 0.6) is 23.0 Å². The number of hydrogen-bond acceptors (Lipinski definition) is 7. The largest absolute Gasteiger partial charge is 0.493 e. The van der Waals surface area contributed by atoms with E-state index >= 15 is 4.39 Å². The van der Waals surface area contributed by atoms with E-state index in [1.54, 1.807) is 18.2 Å². The highest BCUT2D eigenvalue weighted by atomic mass is 32.2. The van der Waals surface area contributed by atoms with Crippen LogP contribution in [-0.2, 0) is 16.2 Å². The molecule has 2 heterocycles. The Hall–Kier alpha value is -4.10. The molecule has 0 radical (unpaired) electrons. The van der Waals surface area contributed by atoms with Gasteiger partial charge in [0.1, 0.15) is 11.5 Å². The van der Waals surface area contributed by atoms with E-state index in [9.17, 15) is 21.6 Å². The molecule has 0 saturated carbocycles. The van der Waals surface area contributed by atoms with Gasteiger partial charge in [-0.3, -0.25) is 9.71 Å². The van der Waals surface area contributed by atoms with Crippen LogP contribution in [-0.4, -0.2) is 51.7 Å². The Morgan fingerprint density at radius 3 is 2.58 bits per heavy atom. The fraction of sp³-hybridized carbons (Fsp3) is 0.344. The first-order valence-electron chi connectivity index (χ1n) is 14.4. The van der Waals surface area contributed by atoms with Gasteiger partial charge in [-0.25, -0.2) is 12.8 Å². The molecule has 5 rings (SSSR count). The van der Waals surface area contributed by atoms with Gasteiger partial charge in [0.25, 0.3) is 10.0 Å². The summed E-state index contributed by atoms with van der Waals surface area (Å²) in [4.78, 5) is 5.84. The van der Waals surface area contributed by atoms with Gasteiger partial charge < -0.3 is 19.1 Å². The number of benzene rings is 3. The number of alkyl halides is 3. The van der Waals surface area contributed by atoms with Crippen molar-refractivity contribution in [3.05, 3.63) is 78.2 Å². The summed E-state index contributed by atoms with van der Waals surface area (Å²) in [5.41, 5.74) is -1.36. The molecule has 1 aliphatic heterocycles. The van der Waals surface area contributed by atoms with Crippen molar-refractivity contribution >= 4 is 26.6 Å². The molecule has 13 heteroatoms. The van der Waals surface area contributed by atoms with Crippen LogP contribution < -0.4 is 18.9 Å². The number of nitrogens with one attached hydrogen (secondary N) is 1. The number of hydrogen-bond donors (Lipinski definition) is 1. The molecule has 240 valence electrons. The molecule has 0 amide bonds. The zero-order valence-corrected chi connectivity index (χ0v) is 25.6. The summed E-state index contributed by atoms with van der Waals surface area (Å²) in [6, 6.07) is 12.0. The lowest BCUT2D eigenvalue weighted by molar-refractivity contribution is -0.139.